The Morgan fingerprint density at radius 1 is 0.607 bits per heavy atom. The van der Waals surface area contributed by atoms with Crippen molar-refractivity contribution < 1.29 is 0 Å². The fraction of sp³-hybridized carbons (Fsp3) is 0. The van der Waals surface area contributed by atoms with Crippen molar-refractivity contribution in [3.8, 4) is 11.1 Å². The zero-order chi connectivity index (χ0) is 18.7. The molecule has 0 aliphatic heterocycles. The highest BCUT2D eigenvalue weighted by Crippen LogP contribution is 2.44. The molecule has 0 bridgehead atoms. The molecule has 0 aliphatic carbocycles. The summed E-state index contributed by atoms with van der Waals surface area (Å²) < 4.78 is 2.32. The van der Waals surface area contributed by atoms with Gasteiger partial charge in [-0.2, -0.15) is 0 Å². The lowest BCUT2D eigenvalue weighted by molar-refractivity contribution is 1.26. The predicted octanol–water partition coefficient (Wildman–Crippen LogP) is 7.72. The number of pyridine rings is 1. The summed E-state index contributed by atoms with van der Waals surface area (Å²) in [4.78, 5) is 0. The Labute approximate surface area is 167 Å². The fourth-order valence-corrected chi connectivity index (χ4v) is 4.69. The van der Waals surface area contributed by atoms with Gasteiger partial charge in [-0.15, -0.1) is 0 Å². The van der Waals surface area contributed by atoms with Crippen LogP contribution in [0, 0.1) is 0 Å². The summed E-state index contributed by atoms with van der Waals surface area (Å²) in [6, 6.07) is 31.9. The van der Waals surface area contributed by atoms with E-state index in [1.165, 1.54) is 49.1 Å². The van der Waals surface area contributed by atoms with Gasteiger partial charge in [0.15, 0.2) is 0 Å². The molecule has 0 saturated heterocycles. The van der Waals surface area contributed by atoms with Crippen LogP contribution < -0.4 is 0 Å². The van der Waals surface area contributed by atoms with E-state index in [9.17, 15) is 0 Å². The lowest BCUT2D eigenvalue weighted by Crippen LogP contribution is -1.85. The van der Waals surface area contributed by atoms with E-state index < -0.39 is 0 Å². The average Bonchev–Trinajstić information content (AvgIpc) is 3.10. The van der Waals surface area contributed by atoms with E-state index >= 15 is 0 Å². The molecule has 2 aromatic heterocycles. The molecule has 0 atom stereocenters. The van der Waals surface area contributed by atoms with Crippen molar-refractivity contribution in [2.45, 2.75) is 0 Å². The van der Waals surface area contributed by atoms with Crippen molar-refractivity contribution in [1.29, 1.82) is 0 Å². The van der Waals surface area contributed by atoms with Gasteiger partial charge in [0.1, 0.15) is 0 Å². The number of hydrogen-bond acceptors (Lipinski definition) is 0. The van der Waals surface area contributed by atoms with Gasteiger partial charge in [-0.05, 0) is 46.0 Å². The largest absolute Gasteiger partial charge is 0.315 e. The zero-order valence-electron chi connectivity index (χ0n) is 15.1. The van der Waals surface area contributed by atoms with Crippen molar-refractivity contribution in [2.75, 3.05) is 0 Å². The Bertz CT molecular complexity index is 1510. The van der Waals surface area contributed by atoms with Crippen molar-refractivity contribution >= 4 is 49.6 Å². The van der Waals surface area contributed by atoms with Gasteiger partial charge < -0.3 is 4.40 Å². The third kappa shape index (κ3) is 2.08. The van der Waals surface area contributed by atoms with Crippen LogP contribution in [0.1, 0.15) is 0 Å². The van der Waals surface area contributed by atoms with Gasteiger partial charge in [0.05, 0.1) is 11.0 Å². The molecule has 0 spiro atoms. The minimum absolute atomic E-state index is 0.762. The molecule has 6 aromatic rings. The number of fused-ring (bicyclic) bond motifs is 8. The van der Waals surface area contributed by atoms with Crippen LogP contribution in [0.5, 0.6) is 0 Å². The van der Waals surface area contributed by atoms with Crippen LogP contribution in [0.25, 0.3) is 49.1 Å². The predicted molar refractivity (Wildman–Crippen MR) is 120 cm³/mol. The van der Waals surface area contributed by atoms with E-state index in [0.717, 1.165) is 5.02 Å². The quantitative estimate of drug-likeness (QED) is 0.258. The second-order valence-corrected chi connectivity index (χ2v) is 7.59. The Kier molecular flexibility index (Phi) is 3.29. The van der Waals surface area contributed by atoms with Gasteiger partial charge in [0, 0.05) is 27.6 Å². The molecule has 0 radical (unpaired) electrons. The summed E-state index contributed by atoms with van der Waals surface area (Å²) in [6.07, 6.45) is 2.16. The van der Waals surface area contributed by atoms with Gasteiger partial charge in [-0.25, -0.2) is 0 Å². The Balaban J connectivity index is 2.02. The van der Waals surface area contributed by atoms with Gasteiger partial charge in [-0.1, -0.05) is 78.3 Å². The number of aromatic nitrogens is 1. The molecule has 0 saturated carbocycles. The van der Waals surface area contributed by atoms with Crippen LogP contribution in [0.15, 0.2) is 97.2 Å². The van der Waals surface area contributed by atoms with Crippen LogP contribution in [-0.4, -0.2) is 4.40 Å². The molecule has 28 heavy (non-hydrogen) atoms. The molecule has 2 heteroatoms. The number of nitrogens with zero attached hydrogens (tertiary/aromatic N) is 1. The van der Waals surface area contributed by atoms with Crippen molar-refractivity contribution in [3.05, 3.63) is 102 Å². The minimum atomic E-state index is 0.762. The molecule has 0 unspecified atom stereocenters. The molecule has 4 aromatic carbocycles. The maximum absolute atomic E-state index is 6.46. The number of benzene rings is 4. The monoisotopic (exact) mass is 377 g/mol. The third-order valence-corrected chi connectivity index (χ3v) is 5.86. The summed E-state index contributed by atoms with van der Waals surface area (Å²) in [5, 5.41) is 6.97. The first-order valence-corrected chi connectivity index (χ1v) is 9.79. The van der Waals surface area contributed by atoms with E-state index in [2.05, 4.69) is 95.5 Å². The summed E-state index contributed by atoms with van der Waals surface area (Å²) in [6.45, 7) is 0. The molecule has 0 amide bonds. The van der Waals surface area contributed by atoms with Crippen LogP contribution in [0.2, 0.25) is 5.02 Å². The Morgan fingerprint density at radius 2 is 1.32 bits per heavy atom. The normalized spacial score (nSPS) is 11.8. The summed E-state index contributed by atoms with van der Waals surface area (Å²) >= 11 is 6.46. The highest BCUT2D eigenvalue weighted by molar-refractivity contribution is 6.35. The third-order valence-electron chi connectivity index (χ3n) is 5.63. The Morgan fingerprint density at radius 3 is 2.18 bits per heavy atom. The summed E-state index contributed by atoms with van der Waals surface area (Å²) in [7, 11) is 0. The van der Waals surface area contributed by atoms with Gasteiger partial charge in [-0.3, -0.25) is 0 Å². The smallest absolute Gasteiger partial charge is 0.0620 e. The van der Waals surface area contributed by atoms with E-state index in [4.69, 9.17) is 11.6 Å². The molecular weight excluding hydrogens is 362 g/mol. The van der Waals surface area contributed by atoms with E-state index in [1.54, 1.807) is 0 Å². The first kappa shape index (κ1) is 15.7. The first-order valence-electron chi connectivity index (χ1n) is 9.41. The second-order valence-electron chi connectivity index (χ2n) is 7.16. The lowest BCUT2D eigenvalue weighted by Gasteiger charge is -2.10. The standard InChI is InChI=1S/C26H16ClN/c27-18-13-14-20-19-10-4-5-11-21(19)26-25(22(20)16-18)24(17-8-2-1-3-9-17)23-12-6-7-15-28(23)26/h1-16H. The molecular formula is C26H16ClN. The lowest BCUT2D eigenvalue weighted by atomic mass is 9.94. The molecule has 0 fully saturated rings. The summed E-state index contributed by atoms with van der Waals surface area (Å²) in [5.41, 5.74) is 4.92. The highest BCUT2D eigenvalue weighted by atomic mass is 35.5. The first-order chi connectivity index (χ1) is 13.8. The topological polar surface area (TPSA) is 4.41 Å². The van der Waals surface area contributed by atoms with Gasteiger partial charge in [0.2, 0.25) is 0 Å². The van der Waals surface area contributed by atoms with Crippen molar-refractivity contribution in [3.63, 3.8) is 0 Å². The maximum Gasteiger partial charge on any atom is 0.0620 e. The van der Waals surface area contributed by atoms with E-state index in [0.29, 0.717) is 0 Å². The fourth-order valence-electron chi connectivity index (χ4n) is 4.52. The number of rotatable bonds is 1. The molecule has 2 heterocycles. The van der Waals surface area contributed by atoms with Crippen molar-refractivity contribution in [1.82, 2.24) is 4.40 Å². The van der Waals surface area contributed by atoms with E-state index in [1.807, 2.05) is 6.07 Å². The molecule has 1 nitrogen and oxygen atoms in total. The summed E-state index contributed by atoms with van der Waals surface area (Å²) in [5.74, 6) is 0. The molecule has 0 N–H and O–H groups in total. The van der Waals surface area contributed by atoms with Crippen LogP contribution in [0.4, 0.5) is 0 Å². The molecule has 6 rings (SSSR count). The number of hydrogen-bond donors (Lipinski definition) is 0. The SMILES string of the molecule is Clc1ccc2c3ccccc3c3c(c(-c4ccccc4)c4ccccn43)c2c1. The maximum atomic E-state index is 6.46. The van der Waals surface area contributed by atoms with Crippen LogP contribution >= 0.6 is 11.6 Å². The van der Waals surface area contributed by atoms with Gasteiger partial charge in [0.25, 0.3) is 0 Å². The van der Waals surface area contributed by atoms with Crippen molar-refractivity contribution in [2.24, 2.45) is 0 Å². The second kappa shape index (κ2) is 5.85. The highest BCUT2D eigenvalue weighted by Gasteiger charge is 2.19. The average molecular weight is 378 g/mol. The molecule has 0 aliphatic rings. The molecule has 132 valence electrons. The Hall–Kier alpha value is -3.29. The minimum Gasteiger partial charge on any atom is -0.315 e. The van der Waals surface area contributed by atoms with E-state index in [-0.39, 0.29) is 0 Å². The zero-order valence-corrected chi connectivity index (χ0v) is 15.8. The van der Waals surface area contributed by atoms with Gasteiger partial charge >= 0.3 is 0 Å². The van der Waals surface area contributed by atoms with Crippen LogP contribution in [0.3, 0.4) is 0 Å². The van der Waals surface area contributed by atoms with Crippen LogP contribution in [-0.2, 0) is 0 Å². The number of halogens is 1.